The first-order valence-corrected chi connectivity index (χ1v) is 15.8. The standard InChI is InChI=1S/C46H33N/c1-3-13-34(14-4-1)35-25-27-36(28-26-35)37-29-31-41(32-30-37)47(46-24-10-9-22-45(46)39-15-5-2-6-16-39)42-20-11-19-40(33-42)44-23-12-18-38-17-7-8-21-43(38)44/h1-33H/i11D,19D,20D,33D. The molecule has 0 saturated carbocycles. The molecule has 0 unspecified atom stereocenters. The molecule has 0 aliphatic rings. The van der Waals surface area contributed by atoms with Crippen LogP contribution in [0.25, 0.3) is 55.3 Å². The summed E-state index contributed by atoms with van der Waals surface area (Å²) in [5.74, 6) is 0. The molecule has 0 spiro atoms. The van der Waals surface area contributed by atoms with Crippen LogP contribution in [0.15, 0.2) is 200 Å². The second kappa shape index (κ2) is 12.7. The van der Waals surface area contributed by atoms with Crippen LogP contribution < -0.4 is 4.90 Å². The Balaban J connectivity index is 1.32. The number of anilines is 3. The minimum absolute atomic E-state index is 0.0285. The van der Waals surface area contributed by atoms with Crippen molar-refractivity contribution in [2.75, 3.05) is 4.90 Å². The number of hydrogen-bond acceptors (Lipinski definition) is 1. The number of nitrogens with zero attached hydrogens (tertiary/aromatic N) is 1. The van der Waals surface area contributed by atoms with Crippen molar-refractivity contribution in [3.63, 3.8) is 0 Å². The predicted octanol–water partition coefficient (Wildman–Crippen LogP) is 13.0. The van der Waals surface area contributed by atoms with E-state index in [1.54, 1.807) is 0 Å². The second-order valence-corrected chi connectivity index (χ2v) is 11.5. The number of benzene rings is 8. The maximum absolute atomic E-state index is 9.74. The van der Waals surface area contributed by atoms with E-state index < -0.39 is 0 Å². The van der Waals surface area contributed by atoms with Gasteiger partial charge in [-0.2, -0.15) is 0 Å². The normalized spacial score (nSPS) is 12.2. The van der Waals surface area contributed by atoms with Gasteiger partial charge in [0.2, 0.25) is 0 Å². The first-order valence-electron chi connectivity index (χ1n) is 17.8. The molecule has 8 aromatic rings. The summed E-state index contributed by atoms with van der Waals surface area (Å²) in [6.45, 7) is 0. The zero-order valence-electron chi connectivity index (χ0n) is 29.7. The maximum Gasteiger partial charge on any atom is 0.0651 e. The fraction of sp³-hybridized carbons (Fsp3) is 0. The Labute approximate surface area is 282 Å². The lowest BCUT2D eigenvalue weighted by Crippen LogP contribution is -2.11. The average Bonchev–Trinajstić information content (AvgIpc) is 3.20. The van der Waals surface area contributed by atoms with Gasteiger partial charge in [0.25, 0.3) is 0 Å². The van der Waals surface area contributed by atoms with Gasteiger partial charge in [-0.25, -0.2) is 0 Å². The Hall–Kier alpha value is -6.18. The average molecular weight is 604 g/mol. The molecule has 0 aliphatic carbocycles. The van der Waals surface area contributed by atoms with E-state index >= 15 is 0 Å². The lowest BCUT2D eigenvalue weighted by molar-refractivity contribution is 1.28. The molecule has 8 aromatic carbocycles. The summed E-state index contributed by atoms with van der Waals surface area (Å²) in [4.78, 5) is 1.92. The predicted molar refractivity (Wildman–Crippen MR) is 200 cm³/mol. The smallest absolute Gasteiger partial charge is 0.0651 e. The summed E-state index contributed by atoms with van der Waals surface area (Å²) >= 11 is 0. The van der Waals surface area contributed by atoms with Crippen molar-refractivity contribution in [1.29, 1.82) is 0 Å². The molecule has 0 saturated heterocycles. The largest absolute Gasteiger partial charge is 0.310 e. The van der Waals surface area contributed by atoms with E-state index in [1.165, 1.54) is 5.56 Å². The molecule has 222 valence electrons. The molecule has 1 nitrogen and oxygen atoms in total. The summed E-state index contributed by atoms with van der Waals surface area (Å²) in [7, 11) is 0. The van der Waals surface area contributed by atoms with Gasteiger partial charge in [0.1, 0.15) is 0 Å². The highest BCUT2D eigenvalue weighted by Crippen LogP contribution is 2.42. The van der Waals surface area contributed by atoms with Crippen molar-refractivity contribution >= 4 is 27.8 Å². The molecular formula is C46H33N. The van der Waals surface area contributed by atoms with Crippen molar-refractivity contribution < 1.29 is 5.48 Å². The summed E-state index contributed by atoms with van der Waals surface area (Å²) in [5, 5.41) is 1.87. The van der Waals surface area contributed by atoms with E-state index in [4.69, 9.17) is 2.74 Å². The monoisotopic (exact) mass is 603 g/mol. The minimum Gasteiger partial charge on any atom is -0.310 e. The Morgan fingerprint density at radius 2 is 0.894 bits per heavy atom. The van der Waals surface area contributed by atoms with Crippen molar-refractivity contribution in [2.24, 2.45) is 0 Å². The van der Waals surface area contributed by atoms with E-state index in [0.717, 1.165) is 50.0 Å². The quantitative estimate of drug-likeness (QED) is 0.175. The van der Waals surface area contributed by atoms with E-state index in [-0.39, 0.29) is 29.9 Å². The van der Waals surface area contributed by atoms with Gasteiger partial charge in [0.05, 0.1) is 11.2 Å². The van der Waals surface area contributed by atoms with E-state index in [9.17, 15) is 2.74 Å². The molecule has 0 fully saturated rings. The van der Waals surface area contributed by atoms with E-state index in [1.807, 2.05) is 132 Å². The highest BCUT2D eigenvalue weighted by molar-refractivity contribution is 5.98. The lowest BCUT2D eigenvalue weighted by atomic mass is 9.97. The Morgan fingerprint density at radius 1 is 0.362 bits per heavy atom. The van der Waals surface area contributed by atoms with Gasteiger partial charge in [-0.15, -0.1) is 0 Å². The highest BCUT2D eigenvalue weighted by atomic mass is 15.1. The molecule has 0 aromatic heterocycles. The van der Waals surface area contributed by atoms with Crippen LogP contribution in [0.4, 0.5) is 17.1 Å². The van der Waals surface area contributed by atoms with Gasteiger partial charge in [0, 0.05) is 16.9 Å². The number of hydrogen-bond donors (Lipinski definition) is 0. The van der Waals surface area contributed by atoms with Crippen LogP contribution in [0.2, 0.25) is 0 Å². The fourth-order valence-corrected chi connectivity index (χ4v) is 6.23. The molecule has 0 heterocycles. The van der Waals surface area contributed by atoms with Gasteiger partial charge in [-0.05, 0) is 80.0 Å². The van der Waals surface area contributed by atoms with Gasteiger partial charge in [-0.1, -0.05) is 170 Å². The Morgan fingerprint density at radius 3 is 1.62 bits per heavy atom. The third-order valence-electron chi connectivity index (χ3n) is 8.57. The van der Waals surface area contributed by atoms with Gasteiger partial charge < -0.3 is 4.90 Å². The summed E-state index contributed by atoms with van der Waals surface area (Å²) in [6, 6.07) is 58.2. The third-order valence-corrected chi connectivity index (χ3v) is 8.57. The van der Waals surface area contributed by atoms with E-state index in [0.29, 0.717) is 11.1 Å². The number of rotatable bonds is 7. The molecule has 0 bridgehead atoms. The van der Waals surface area contributed by atoms with Crippen LogP contribution in [0.3, 0.4) is 0 Å². The molecule has 47 heavy (non-hydrogen) atoms. The zero-order valence-corrected chi connectivity index (χ0v) is 25.7. The molecule has 0 N–H and O–H groups in total. The van der Waals surface area contributed by atoms with Crippen LogP contribution in [0, 0.1) is 0 Å². The summed E-state index contributed by atoms with van der Waals surface area (Å²) in [6.07, 6.45) is 0. The van der Waals surface area contributed by atoms with Crippen molar-refractivity contribution in [1.82, 2.24) is 0 Å². The van der Waals surface area contributed by atoms with Gasteiger partial charge in [-0.3, -0.25) is 0 Å². The molecule has 0 atom stereocenters. The van der Waals surface area contributed by atoms with Gasteiger partial charge in [0.15, 0.2) is 0 Å². The third kappa shape index (κ3) is 5.72. The van der Waals surface area contributed by atoms with Crippen LogP contribution >= 0.6 is 0 Å². The fourth-order valence-electron chi connectivity index (χ4n) is 6.23. The first-order chi connectivity index (χ1) is 25.0. The Kier molecular flexibility index (Phi) is 6.50. The number of para-hydroxylation sites is 1. The topological polar surface area (TPSA) is 3.24 Å². The molecular weight excluding hydrogens is 567 g/mol. The van der Waals surface area contributed by atoms with Crippen LogP contribution in [-0.4, -0.2) is 0 Å². The zero-order chi connectivity index (χ0) is 34.9. The Bertz CT molecular complexity index is 2490. The molecule has 0 radical (unpaired) electrons. The maximum atomic E-state index is 9.74. The molecule has 0 amide bonds. The highest BCUT2D eigenvalue weighted by Gasteiger charge is 2.18. The molecule has 0 aliphatic heterocycles. The SMILES string of the molecule is [2H]c1c([2H])c(-c2cccc3ccccc23)c([2H])c(N(c2ccc(-c3ccc(-c4ccccc4)cc3)cc2)c2ccccc2-c2ccccc2)c1[2H]. The lowest BCUT2D eigenvalue weighted by Gasteiger charge is -2.28. The molecule has 8 rings (SSSR count). The number of fused-ring (bicyclic) bond motifs is 1. The van der Waals surface area contributed by atoms with Crippen molar-refractivity contribution in [3.05, 3.63) is 200 Å². The second-order valence-electron chi connectivity index (χ2n) is 11.5. The minimum atomic E-state index is -0.221. The van der Waals surface area contributed by atoms with Crippen LogP contribution in [-0.2, 0) is 0 Å². The van der Waals surface area contributed by atoms with Crippen LogP contribution in [0.1, 0.15) is 5.48 Å². The van der Waals surface area contributed by atoms with Gasteiger partial charge >= 0.3 is 0 Å². The van der Waals surface area contributed by atoms with E-state index in [2.05, 4.69) is 48.5 Å². The molecule has 1 heteroatoms. The summed E-state index contributed by atoms with van der Waals surface area (Å²) in [5.41, 5.74) is 9.13. The van der Waals surface area contributed by atoms with Crippen LogP contribution in [0.5, 0.6) is 0 Å². The first kappa shape index (κ1) is 24.1. The summed E-state index contributed by atoms with van der Waals surface area (Å²) < 4.78 is 37.2. The van der Waals surface area contributed by atoms with Crippen molar-refractivity contribution in [3.8, 4) is 44.5 Å². The van der Waals surface area contributed by atoms with Crippen molar-refractivity contribution in [2.45, 2.75) is 0 Å².